The molecule has 0 atom stereocenters. The lowest BCUT2D eigenvalue weighted by atomic mass is 10.1. The van der Waals surface area contributed by atoms with E-state index in [4.69, 9.17) is 4.42 Å². The Morgan fingerprint density at radius 3 is 2.50 bits per heavy atom. The van der Waals surface area contributed by atoms with Gasteiger partial charge in [0.1, 0.15) is 11.5 Å². The molecular weight excluding hydrogens is 369 g/mol. The van der Waals surface area contributed by atoms with Gasteiger partial charge in [0.25, 0.3) is 5.91 Å². The maximum atomic E-state index is 13.0. The predicted molar refractivity (Wildman–Crippen MR) is 99.1 cm³/mol. The van der Waals surface area contributed by atoms with E-state index in [9.17, 15) is 18.0 Å². The quantitative estimate of drug-likeness (QED) is 0.666. The maximum absolute atomic E-state index is 13.0. The van der Waals surface area contributed by atoms with Crippen LogP contribution in [0.4, 0.5) is 13.2 Å². The van der Waals surface area contributed by atoms with Gasteiger partial charge >= 0.3 is 6.18 Å². The molecule has 0 saturated heterocycles. The number of nitrogens with zero attached hydrogens (tertiary/aromatic N) is 1. The highest BCUT2D eigenvalue weighted by atomic mass is 19.4. The minimum atomic E-state index is -4.41. The Bertz CT molecular complexity index is 986. The number of rotatable bonds is 5. The molecule has 28 heavy (non-hydrogen) atoms. The Balaban J connectivity index is 1.91. The van der Waals surface area contributed by atoms with E-state index in [1.54, 1.807) is 22.8 Å². The molecule has 1 amide bonds. The molecular formula is C21H21F3N2O2. The molecule has 3 rings (SSSR count). The number of furan rings is 1. The van der Waals surface area contributed by atoms with Gasteiger partial charge in [-0.3, -0.25) is 4.79 Å². The zero-order valence-corrected chi connectivity index (χ0v) is 15.9. The molecule has 148 valence electrons. The predicted octanol–water partition coefficient (Wildman–Crippen LogP) is 5.00. The number of amides is 1. The van der Waals surface area contributed by atoms with Gasteiger partial charge in [-0.05, 0) is 61.7 Å². The smallest absolute Gasteiger partial charge is 0.416 e. The van der Waals surface area contributed by atoms with E-state index in [0.717, 1.165) is 29.0 Å². The fourth-order valence-electron chi connectivity index (χ4n) is 3.20. The van der Waals surface area contributed by atoms with E-state index >= 15 is 0 Å². The minimum Gasteiger partial charge on any atom is -0.467 e. The second-order valence-corrected chi connectivity index (χ2v) is 6.73. The molecule has 7 heteroatoms. The van der Waals surface area contributed by atoms with Crippen molar-refractivity contribution in [2.75, 3.05) is 0 Å². The van der Waals surface area contributed by atoms with Crippen LogP contribution in [0.1, 0.15) is 44.2 Å². The highest BCUT2D eigenvalue weighted by molar-refractivity contribution is 5.94. The van der Waals surface area contributed by atoms with Crippen LogP contribution >= 0.6 is 0 Å². The van der Waals surface area contributed by atoms with Gasteiger partial charge in [0.2, 0.25) is 0 Å². The van der Waals surface area contributed by atoms with E-state index in [2.05, 4.69) is 5.32 Å². The molecule has 0 fully saturated rings. The number of hydrogen-bond acceptors (Lipinski definition) is 2. The molecule has 4 nitrogen and oxygen atoms in total. The van der Waals surface area contributed by atoms with Crippen LogP contribution in [-0.4, -0.2) is 10.5 Å². The Labute approximate surface area is 161 Å². The van der Waals surface area contributed by atoms with Gasteiger partial charge in [-0.2, -0.15) is 13.2 Å². The molecule has 0 spiro atoms. The van der Waals surface area contributed by atoms with Crippen LogP contribution in [0.3, 0.4) is 0 Å². The van der Waals surface area contributed by atoms with Crippen LogP contribution in [0.5, 0.6) is 0 Å². The molecule has 1 N–H and O–H groups in total. The summed E-state index contributed by atoms with van der Waals surface area (Å²) >= 11 is 0. The molecule has 3 aromatic rings. The number of carbonyl (C=O) groups excluding carboxylic acids is 1. The van der Waals surface area contributed by atoms with Gasteiger partial charge in [0.05, 0.1) is 18.4 Å². The highest BCUT2D eigenvalue weighted by Gasteiger charge is 2.30. The summed E-state index contributed by atoms with van der Waals surface area (Å²) in [6, 6.07) is 8.66. The van der Waals surface area contributed by atoms with E-state index < -0.39 is 11.7 Å². The lowest BCUT2D eigenvalue weighted by molar-refractivity contribution is -0.137. The summed E-state index contributed by atoms with van der Waals surface area (Å²) in [4.78, 5) is 12.8. The van der Waals surface area contributed by atoms with Crippen molar-refractivity contribution in [1.29, 1.82) is 0 Å². The number of alkyl halides is 3. The number of aromatic nitrogens is 1. The van der Waals surface area contributed by atoms with Crippen molar-refractivity contribution in [1.82, 2.24) is 9.88 Å². The van der Waals surface area contributed by atoms with Crippen LogP contribution in [0.2, 0.25) is 0 Å². The largest absolute Gasteiger partial charge is 0.467 e. The average molecular weight is 390 g/mol. The molecule has 0 radical (unpaired) electrons. The van der Waals surface area contributed by atoms with Crippen molar-refractivity contribution in [3.63, 3.8) is 0 Å². The second-order valence-electron chi connectivity index (χ2n) is 6.73. The number of nitrogens with one attached hydrogen (secondary N) is 1. The van der Waals surface area contributed by atoms with Crippen molar-refractivity contribution >= 4 is 5.91 Å². The lowest BCUT2D eigenvalue weighted by Gasteiger charge is -2.14. The topological polar surface area (TPSA) is 47.2 Å². The van der Waals surface area contributed by atoms with E-state index in [-0.39, 0.29) is 19.0 Å². The first kappa shape index (κ1) is 19.8. The minimum absolute atomic E-state index is 0.175. The summed E-state index contributed by atoms with van der Waals surface area (Å²) in [7, 11) is 0. The number of carbonyl (C=O) groups is 1. The molecule has 0 aliphatic carbocycles. The van der Waals surface area contributed by atoms with Crippen molar-refractivity contribution in [3.8, 4) is 0 Å². The summed E-state index contributed by atoms with van der Waals surface area (Å²) in [6.45, 7) is 6.01. The Morgan fingerprint density at radius 2 is 1.86 bits per heavy atom. The third-order valence-electron chi connectivity index (χ3n) is 4.95. The van der Waals surface area contributed by atoms with Crippen molar-refractivity contribution in [2.24, 2.45) is 0 Å². The molecule has 1 aromatic carbocycles. The third kappa shape index (κ3) is 3.98. The Hall–Kier alpha value is -2.96. The first-order valence-corrected chi connectivity index (χ1v) is 8.81. The van der Waals surface area contributed by atoms with Crippen LogP contribution in [-0.2, 0) is 19.3 Å². The van der Waals surface area contributed by atoms with Gasteiger partial charge in [-0.1, -0.05) is 12.1 Å². The summed E-state index contributed by atoms with van der Waals surface area (Å²) < 4.78 is 46.0. The highest BCUT2D eigenvalue weighted by Crippen LogP contribution is 2.30. The van der Waals surface area contributed by atoms with Gasteiger partial charge in [0, 0.05) is 12.2 Å². The van der Waals surface area contributed by atoms with E-state index in [1.807, 2.05) is 20.8 Å². The maximum Gasteiger partial charge on any atom is 0.416 e. The van der Waals surface area contributed by atoms with E-state index in [0.29, 0.717) is 17.0 Å². The van der Waals surface area contributed by atoms with Crippen molar-refractivity contribution < 1.29 is 22.4 Å². The van der Waals surface area contributed by atoms with E-state index in [1.165, 1.54) is 12.3 Å². The van der Waals surface area contributed by atoms with Crippen molar-refractivity contribution in [3.05, 3.63) is 82.1 Å². The first-order chi connectivity index (χ1) is 13.2. The SMILES string of the molecule is Cc1c(C)c(C(=O)NCc2ccco2)n(Cc2cccc(C(F)(F)F)c2)c1C. The Kier molecular flexibility index (Phi) is 5.36. The zero-order valence-electron chi connectivity index (χ0n) is 15.9. The summed E-state index contributed by atoms with van der Waals surface area (Å²) in [5.41, 5.74) is 2.81. The first-order valence-electron chi connectivity index (χ1n) is 8.81. The summed E-state index contributed by atoms with van der Waals surface area (Å²) in [6.07, 6.45) is -2.88. The molecule has 0 bridgehead atoms. The number of hydrogen-bond donors (Lipinski definition) is 1. The second kappa shape index (κ2) is 7.58. The molecule has 2 aromatic heterocycles. The van der Waals surface area contributed by atoms with Crippen LogP contribution in [0.15, 0.2) is 47.1 Å². The van der Waals surface area contributed by atoms with Crippen LogP contribution in [0.25, 0.3) is 0 Å². The average Bonchev–Trinajstić information content (AvgIpc) is 3.23. The standard InChI is InChI=1S/C21H21F3N2O2/c1-13-14(2)19(20(27)25-11-18-8-5-9-28-18)26(15(13)3)12-16-6-4-7-17(10-16)21(22,23)24/h4-10H,11-12H2,1-3H3,(H,25,27). The van der Waals surface area contributed by atoms with Gasteiger partial charge in [0.15, 0.2) is 0 Å². The normalized spacial score (nSPS) is 11.6. The molecule has 2 heterocycles. The molecule has 0 saturated carbocycles. The fraction of sp³-hybridized carbons (Fsp3) is 0.286. The Morgan fingerprint density at radius 1 is 1.11 bits per heavy atom. The van der Waals surface area contributed by atoms with Crippen LogP contribution < -0.4 is 5.32 Å². The number of halogens is 3. The summed E-state index contributed by atoms with van der Waals surface area (Å²) in [5.74, 6) is 0.326. The zero-order chi connectivity index (χ0) is 20.5. The van der Waals surface area contributed by atoms with Gasteiger partial charge in [-0.25, -0.2) is 0 Å². The molecule has 0 unspecified atom stereocenters. The third-order valence-corrected chi connectivity index (χ3v) is 4.95. The van der Waals surface area contributed by atoms with Crippen molar-refractivity contribution in [2.45, 2.75) is 40.0 Å². The fourth-order valence-corrected chi connectivity index (χ4v) is 3.20. The van der Waals surface area contributed by atoms with Crippen LogP contribution in [0, 0.1) is 20.8 Å². The van der Waals surface area contributed by atoms with Gasteiger partial charge < -0.3 is 14.3 Å². The number of benzene rings is 1. The molecule has 0 aliphatic heterocycles. The van der Waals surface area contributed by atoms with Gasteiger partial charge in [-0.15, -0.1) is 0 Å². The molecule has 0 aliphatic rings. The monoisotopic (exact) mass is 390 g/mol. The summed E-state index contributed by atoms with van der Waals surface area (Å²) in [5, 5.41) is 2.81. The lowest BCUT2D eigenvalue weighted by Crippen LogP contribution is -2.26.